The normalized spacial score (nSPS) is 13.7. The first-order valence-corrected chi connectivity index (χ1v) is 5.11. The maximum atomic E-state index is 10.6. The monoisotopic (exact) mass is 234 g/mol. The summed E-state index contributed by atoms with van der Waals surface area (Å²) in [6.45, 7) is 1.58. The molecule has 5 nitrogen and oxygen atoms in total. The number of rotatable bonds is 5. The molecule has 17 heavy (non-hydrogen) atoms. The third-order valence-corrected chi connectivity index (χ3v) is 2.32. The van der Waals surface area contributed by atoms with Gasteiger partial charge >= 0.3 is 5.97 Å². The zero-order valence-corrected chi connectivity index (χ0v) is 9.47. The minimum atomic E-state index is -1.78. The number of carboxylic acid groups (broad SMARTS) is 1. The highest BCUT2D eigenvalue weighted by molar-refractivity contribution is 5.76. The summed E-state index contributed by atoms with van der Waals surface area (Å²) in [5.41, 5.74) is -0.369. The topological polar surface area (TPSA) is 93.4 Å². The van der Waals surface area contributed by atoms with E-state index >= 15 is 0 Å². The van der Waals surface area contributed by atoms with Gasteiger partial charge < -0.3 is 15.5 Å². The third kappa shape index (κ3) is 3.87. The molecule has 1 unspecified atom stereocenters. The SMILES string of the molecule is CC(O)(CNCc1cccc(C#N)c1)C(=O)O. The Kier molecular flexibility index (Phi) is 4.21. The number of benzene rings is 1. The Balaban J connectivity index is 2.52. The van der Waals surface area contributed by atoms with Crippen molar-refractivity contribution in [1.82, 2.24) is 5.32 Å². The quantitative estimate of drug-likeness (QED) is 0.689. The summed E-state index contributed by atoms with van der Waals surface area (Å²) < 4.78 is 0. The van der Waals surface area contributed by atoms with Gasteiger partial charge in [-0.2, -0.15) is 5.26 Å². The number of carboxylic acids is 1. The van der Waals surface area contributed by atoms with E-state index < -0.39 is 11.6 Å². The summed E-state index contributed by atoms with van der Waals surface area (Å²) in [7, 11) is 0. The van der Waals surface area contributed by atoms with Crippen LogP contribution in [0.2, 0.25) is 0 Å². The van der Waals surface area contributed by atoms with Crippen LogP contribution in [0, 0.1) is 11.3 Å². The van der Waals surface area contributed by atoms with Crippen LogP contribution in [0.25, 0.3) is 0 Å². The molecule has 90 valence electrons. The van der Waals surface area contributed by atoms with E-state index in [1.54, 1.807) is 18.2 Å². The predicted molar refractivity (Wildman–Crippen MR) is 61.1 cm³/mol. The molecule has 1 aromatic rings. The molecular formula is C12H14N2O3. The van der Waals surface area contributed by atoms with Crippen molar-refractivity contribution in [2.75, 3.05) is 6.54 Å². The number of aliphatic hydroxyl groups is 1. The minimum Gasteiger partial charge on any atom is -0.479 e. The van der Waals surface area contributed by atoms with Gasteiger partial charge in [-0.3, -0.25) is 0 Å². The lowest BCUT2D eigenvalue weighted by Crippen LogP contribution is -2.44. The molecule has 0 aliphatic carbocycles. The molecular weight excluding hydrogens is 220 g/mol. The average molecular weight is 234 g/mol. The second-order valence-electron chi connectivity index (χ2n) is 3.99. The van der Waals surface area contributed by atoms with Crippen molar-refractivity contribution < 1.29 is 15.0 Å². The molecule has 0 fully saturated rings. The van der Waals surface area contributed by atoms with E-state index in [-0.39, 0.29) is 6.54 Å². The Morgan fingerprint density at radius 3 is 2.88 bits per heavy atom. The Hall–Kier alpha value is -1.90. The smallest absolute Gasteiger partial charge is 0.336 e. The van der Waals surface area contributed by atoms with Crippen molar-refractivity contribution in [3.05, 3.63) is 35.4 Å². The molecule has 0 bridgehead atoms. The molecule has 0 amide bonds. The summed E-state index contributed by atoms with van der Waals surface area (Å²) in [4.78, 5) is 10.6. The first-order valence-electron chi connectivity index (χ1n) is 5.11. The molecule has 0 heterocycles. The third-order valence-electron chi connectivity index (χ3n) is 2.32. The van der Waals surface area contributed by atoms with Crippen LogP contribution in [0.15, 0.2) is 24.3 Å². The summed E-state index contributed by atoms with van der Waals surface area (Å²) in [5, 5.41) is 29.7. The van der Waals surface area contributed by atoms with Crippen LogP contribution in [0.3, 0.4) is 0 Å². The number of nitrogens with zero attached hydrogens (tertiary/aromatic N) is 1. The van der Waals surface area contributed by atoms with E-state index in [2.05, 4.69) is 5.32 Å². The second kappa shape index (κ2) is 5.43. The van der Waals surface area contributed by atoms with E-state index in [0.717, 1.165) is 5.56 Å². The predicted octanol–water partition coefficient (Wildman–Crippen LogP) is 0.483. The molecule has 1 aromatic carbocycles. The fourth-order valence-electron chi connectivity index (χ4n) is 1.28. The molecule has 1 atom stereocenters. The highest BCUT2D eigenvalue weighted by Gasteiger charge is 2.28. The molecule has 0 aliphatic heterocycles. The molecule has 0 aromatic heterocycles. The lowest BCUT2D eigenvalue weighted by molar-refractivity contribution is -0.156. The molecule has 0 radical (unpaired) electrons. The van der Waals surface area contributed by atoms with E-state index in [4.69, 9.17) is 10.4 Å². The van der Waals surface area contributed by atoms with Gasteiger partial charge in [0.15, 0.2) is 5.60 Å². The minimum absolute atomic E-state index is 0.0564. The van der Waals surface area contributed by atoms with Gasteiger partial charge in [-0.1, -0.05) is 12.1 Å². The number of carbonyl (C=O) groups is 1. The van der Waals surface area contributed by atoms with Crippen LogP contribution < -0.4 is 5.32 Å². The van der Waals surface area contributed by atoms with Crippen LogP contribution >= 0.6 is 0 Å². The standard InChI is InChI=1S/C12H14N2O3/c1-12(17,11(15)16)8-14-7-10-4-2-3-9(5-10)6-13/h2-5,14,17H,7-8H2,1H3,(H,15,16). The van der Waals surface area contributed by atoms with Gasteiger partial charge in [0.25, 0.3) is 0 Å². The summed E-state index contributed by atoms with van der Waals surface area (Å²) in [5.74, 6) is -1.27. The van der Waals surface area contributed by atoms with Gasteiger partial charge in [-0.15, -0.1) is 0 Å². The van der Waals surface area contributed by atoms with Gasteiger partial charge in [0.05, 0.1) is 11.6 Å². The fraction of sp³-hybridized carbons (Fsp3) is 0.333. The van der Waals surface area contributed by atoms with E-state index in [9.17, 15) is 9.90 Å². The number of nitriles is 1. The lowest BCUT2D eigenvalue weighted by Gasteiger charge is -2.18. The number of hydrogen-bond acceptors (Lipinski definition) is 4. The van der Waals surface area contributed by atoms with E-state index in [1.807, 2.05) is 12.1 Å². The van der Waals surface area contributed by atoms with Crippen molar-refractivity contribution in [1.29, 1.82) is 5.26 Å². The lowest BCUT2D eigenvalue weighted by atomic mass is 10.1. The summed E-state index contributed by atoms with van der Waals surface area (Å²) >= 11 is 0. The van der Waals surface area contributed by atoms with Gasteiger partial charge in [0, 0.05) is 13.1 Å². The van der Waals surface area contributed by atoms with Crippen molar-refractivity contribution in [2.24, 2.45) is 0 Å². The molecule has 0 saturated carbocycles. The molecule has 3 N–H and O–H groups in total. The largest absolute Gasteiger partial charge is 0.479 e. The summed E-state index contributed by atoms with van der Waals surface area (Å²) in [6.07, 6.45) is 0. The first kappa shape index (κ1) is 13.2. The molecule has 0 saturated heterocycles. The Morgan fingerprint density at radius 2 is 2.29 bits per heavy atom. The van der Waals surface area contributed by atoms with Crippen molar-refractivity contribution >= 4 is 5.97 Å². The van der Waals surface area contributed by atoms with Crippen molar-refractivity contribution in [3.63, 3.8) is 0 Å². The molecule has 1 rings (SSSR count). The number of nitrogens with one attached hydrogen (secondary N) is 1. The number of hydrogen-bond donors (Lipinski definition) is 3. The van der Waals surface area contributed by atoms with Crippen LogP contribution in [-0.2, 0) is 11.3 Å². The molecule has 5 heteroatoms. The summed E-state index contributed by atoms with van der Waals surface area (Å²) in [6, 6.07) is 9.00. The van der Waals surface area contributed by atoms with E-state index in [1.165, 1.54) is 6.92 Å². The van der Waals surface area contributed by atoms with Crippen LogP contribution in [0.5, 0.6) is 0 Å². The Bertz CT molecular complexity index is 449. The zero-order chi connectivity index (χ0) is 12.9. The highest BCUT2D eigenvalue weighted by Crippen LogP contribution is 2.05. The van der Waals surface area contributed by atoms with Crippen LogP contribution in [0.1, 0.15) is 18.1 Å². The van der Waals surface area contributed by atoms with Crippen molar-refractivity contribution in [3.8, 4) is 6.07 Å². The first-order chi connectivity index (χ1) is 7.95. The maximum Gasteiger partial charge on any atom is 0.336 e. The molecule has 0 aliphatic rings. The Morgan fingerprint density at radius 1 is 1.59 bits per heavy atom. The van der Waals surface area contributed by atoms with Gasteiger partial charge in [0.2, 0.25) is 0 Å². The van der Waals surface area contributed by atoms with E-state index in [0.29, 0.717) is 12.1 Å². The number of aliphatic carboxylic acids is 1. The second-order valence-corrected chi connectivity index (χ2v) is 3.99. The van der Waals surface area contributed by atoms with Gasteiger partial charge in [-0.25, -0.2) is 4.79 Å². The fourth-order valence-corrected chi connectivity index (χ4v) is 1.28. The zero-order valence-electron chi connectivity index (χ0n) is 9.47. The average Bonchev–Trinajstić information content (AvgIpc) is 2.29. The van der Waals surface area contributed by atoms with Crippen LogP contribution in [0.4, 0.5) is 0 Å². The van der Waals surface area contributed by atoms with Crippen molar-refractivity contribution in [2.45, 2.75) is 19.1 Å². The van der Waals surface area contributed by atoms with Crippen LogP contribution in [-0.4, -0.2) is 28.3 Å². The Labute approximate surface area is 99.3 Å². The van der Waals surface area contributed by atoms with Gasteiger partial charge in [-0.05, 0) is 24.6 Å². The van der Waals surface area contributed by atoms with Gasteiger partial charge in [0.1, 0.15) is 0 Å². The highest BCUT2D eigenvalue weighted by atomic mass is 16.4. The molecule has 0 spiro atoms. The maximum absolute atomic E-state index is 10.6.